The second-order valence-electron chi connectivity index (χ2n) is 7.74. The van der Waals surface area contributed by atoms with Gasteiger partial charge < -0.3 is 20.4 Å². The summed E-state index contributed by atoms with van der Waals surface area (Å²) in [6, 6.07) is 13.1. The zero-order chi connectivity index (χ0) is 22.8. The van der Waals surface area contributed by atoms with Gasteiger partial charge in [0.25, 0.3) is 11.8 Å². The number of sulfone groups is 1. The number of amides is 2. The molecular weight excluding hydrogens is 420 g/mol. The van der Waals surface area contributed by atoms with Crippen LogP contribution in [0.25, 0.3) is 0 Å². The molecule has 1 heterocycles. The number of rotatable bonds is 6. The summed E-state index contributed by atoms with van der Waals surface area (Å²) in [7, 11) is -3.33. The molecule has 0 spiro atoms. The average Bonchev–Trinajstić information content (AvgIpc) is 2.76. The van der Waals surface area contributed by atoms with Gasteiger partial charge in [0, 0.05) is 19.3 Å². The van der Waals surface area contributed by atoms with Crippen LogP contribution in [-0.2, 0) is 32.4 Å². The summed E-state index contributed by atoms with van der Waals surface area (Å²) in [4.78, 5) is 26.6. The molecular formula is C22H26N2O6S. The molecule has 2 aromatic rings. The fourth-order valence-electron chi connectivity index (χ4n) is 3.54. The molecule has 166 valence electrons. The van der Waals surface area contributed by atoms with Crippen molar-refractivity contribution < 1.29 is 28.2 Å². The van der Waals surface area contributed by atoms with Crippen LogP contribution in [0.15, 0.2) is 53.4 Å². The van der Waals surface area contributed by atoms with Crippen LogP contribution in [0.2, 0.25) is 0 Å². The van der Waals surface area contributed by atoms with Crippen molar-refractivity contribution in [1.82, 2.24) is 10.2 Å². The van der Waals surface area contributed by atoms with E-state index in [2.05, 4.69) is 5.32 Å². The molecule has 1 aliphatic rings. The number of carbonyl (C=O) groups excluding carboxylic acids is 2. The Morgan fingerprint density at radius 1 is 1.00 bits per heavy atom. The molecule has 0 aromatic heterocycles. The van der Waals surface area contributed by atoms with Crippen LogP contribution in [0, 0.1) is 0 Å². The van der Waals surface area contributed by atoms with Crippen LogP contribution in [0.3, 0.4) is 0 Å². The number of nitrogens with one attached hydrogen (secondary N) is 1. The number of fused-ring (bicyclic) bond motifs is 1. The second-order valence-corrected chi connectivity index (χ2v) is 9.76. The molecule has 0 fully saturated rings. The highest BCUT2D eigenvalue weighted by Gasteiger charge is 2.35. The molecule has 0 radical (unpaired) electrons. The van der Waals surface area contributed by atoms with E-state index in [9.17, 15) is 28.2 Å². The van der Waals surface area contributed by atoms with E-state index >= 15 is 0 Å². The van der Waals surface area contributed by atoms with Crippen LogP contribution in [0.1, 0.15) is 29.7 Å². The Hall–Kier alpha value is -2.75. The summed E-state index contributed by atoms with van der Waals surface area (Å²) >= 11 is 0. The van der Waals surface area contributed by atoms with E-state index in [-0.39, 0.29) is 4.90 Å². The molecule has 9 heteroatoms. The first-order valence-corrected chi connectivity index (χ1v) is 11.8. The summed E-state index contributed by atoms with van der Waals surface area (Å²) in [5, 5.41) is 23.1. The lowest BCUT2D eigenvalue weighted by molar-refractivity contribution is -0.154. The molecule has 0 saturated carbocycles. The van der Waals surface area contributed by atoms with Crippen LogP contribution in [0.5, 0.6) is 0 Å². The molecule has 0 aliphatic carbocycles. The number of nitrogens with zero attached hydrogens (tertiary/aromatic N) is 1. The third-order valence-electron chi connectivity index (χ3n) is 5.43. The van der Waals surface area contributed by atoms with E-state index in [0.29, 0.717) is 25.1 Å². The summed E-state index contributed by atoms with van der Waals surface area (Å²) in [5.41, 5.74) is 2.72. The molecule has 31 heavy (non-hydrogen) atoms. The molecule has 2 aromatic carbocycles. The van der Waals surface area contributed by atoms with Crippen LogP contribution < -0.4 is 5.32 Å². The Bertz CT molecular complexity index is 1070. The van der Waals surface area contributed by atoms with Gasteiger partial charge in [-0.3, -0.25) is 9.59 Å². The molecule has 0 saturated heterocycles. The van der Waals surface area contributed by atoms with Crippen LogP contribution in [0.4, 0.5) is 0 Å². The minimum atomic E-state index is -3.33. The number of aliphatic hydroxyl groups excluding tert-OH is 2. The topological polar surface area (TPSA) is 124 Å². The smallest absolute Gasteiger partial charge is 0.255 e. The molecule has 1 unspecified atom stereocenters. The van der Waals surface area contributed by atoms with Crippen molar-refractivity contribution in [3.8, 4) is 0 Å². The quantitative estimate of drug-likeness (QED) is 0.596. The zero-order valence-electron chi connectivity index (χ0n) is 17.4. The summed E-state index contributed by atoms with van der Waals surface area (Å²) in [6.07, 6.45) is -2.08. The van der Waals surface area contributed by atoms with Crippen molar-refractivity contribution in [3.05, 3.63) is 65.2 Å². The Morgan fingerprint density at radius 3 is 2.23 bits per heavy atom. The van der Waals surface area contributed by atoms with Gasteiger partial charge in [-0.05, 0) is 42.2 Å². The average molecular weight is 447 g/mol. The van der Waals surface area contributed by atoms with Gasteiger partial charge in [0.1, 0.15) is 0 Å². The lowest BCUT2D eigenvalue weighted by Gasteiger charge is -2.31. The first kappa shape index (κ1) is 22.9. The minimum absolute atomic E-state index is 0.152. The predicted octanol–water partition coefficient (Wildman–Crippen LogP) is 0.574. The number of carbonyl (C=O) groups is 2. The fraction of sp³-hybridized carbons (Fsp3) is 0.364. The highest BCUT2D eigenvalue weighted by atomic mass is 32.2. The van der Waals surface area contributed by atoms with Crippen molar-refractivity contribution in [3.63, 3.8) is 0 Å². The molecule has 3 atom stereocenters. The summed E-state index contributed by atoms with van der Waals surface area (Å²) in [5.74, 6) is -1.60. The Kier molecular flexibility index (Phi) is 6.78. The highest BCUT2D eigenvalue weighted by Crippen LogP contribution is 2.20. The largest absolute Gasteiger partial charge is 0.380 e. The number of aliphatic hydroxyl groups is 2. The lowest BCUT2D eigenvalue weighted by Crippen LogP contribution is -2.51. The van der Waals surface area contributed by atoms with Crippen LogP contribution >= 0.6 is 0 Å². The van der Waals surface area contributed by atoms with Gasteiger partial charge in [-0.2, -0.15) is 0 Å². The van der Waals surface area contributed by atoms with Crippen LogP contribution in [-0.4, -0.2) is 60.4 Å². The van der Waals surface area contributed by atoms with Crippen molar-refractivity contribution in [1.29, 1.82) is 0 Å². The fourth-order valence-corrected chi connectivity index (χ4v) is 4.17. The first-order chi connectivity index (χ1) is 14.6. The molecule has 0 bridgehead atoms. The van der Waals surface area contributed by atoms with Gasteiger partial charge in [0.05, 0.1) is 10.9 Å². The highest BCUT2D eigenvalue weighted by molar-refractivity contribution is 7.90. The minimum Gasteiger partial charge on any atom is -0.380 e. The third-order valence-corrected chi connectivity index (χ3v) is 6.56. The van der Waals surface area contributed by atoms with E-state index in [4.69, 9.17) is 0 Å². The third kappa shape index (κ3) is 5.30. The van der Waals surface area contributed by atoms with Gasteiger partial charge in [-0.25, -0.2) is 8.42 Å². The van der Waals surface area contributed by atoms with Crippen molar-refractivity contribution >= 4 is 21.7 Å². The summed E-state index contributed by atoms with van der Waals surface area (Å²) < 4.78 is 23.1. The van der Waals surface area contributed by atoms with Crippen molar-refractivity contribution in [2.75, 3.05) is 12.8 Å². The molecule has 2 amide bonds. The number of hydrogen-bond acceptors (Lipinski definition) is 6. The van der Waals surface area contributed by atoms with Gasteiger partial charge in [-0.1, -0.05) is 36.4 Å². The Morgan fingerprint density at radius 2 is 1.61 bits per heavy atom. The van der Waals surface area contributed by atoms with Crippen molar-refractivity contribution in [2.24, 2.45) is 0 Å². The number of benzene rings is 2. The first-order valence-electron chi connectivity index (χ1n) is 9.90. The molecule has 1 aliphatic heterocycles. The maximum atomic E-state index is 12.6. The van der Waals surface area contributed by atoms with E-state index in [0.717, 1.165) is 17.4 Å². The Balaban J connectivity index is 1.60. The lowest BCUT2D eigenvalue weighted by atomic mass is 9.99. The maximum Gasteiger partial charge on any atom is 0.255 e. The van der Waals surface area contributed by atoms with Crippen molar-refractivity contribution in [2.45, 2.75) is 43.0 Å². The van der Waals surface area contributed by atoms with E-state index in [1.54, 1.807) is 19.1 Å². The maximum absolute atomic E-state index is 12.6. The van der Waals surface area contributed by atoms with E-state index in [1.807, 2.05) is 24.3 Å². The second kappa shape index (κ2) is 9.17. The van der Waals surface area contributed by atoms with Gasteiger partial charge in [0.15, 0.2) is 22.0 Å². The predicted molar refractivity (Wildman–Crippen MR) is 114 cm³/mol. The Labute approximate surface area is 181 Å². The van der Waals surface area contributed by atoms with E-state index < -0.39 is 39.9 Å². The normalized spacial score (nSPS) is 16.7. The SMILES string of the molecule is CC(NC(=O)[C@H](O)[C@@H](O)C(=O)N1CCc2ccccc2C1)c1ccc(S(C)(=O)=O)cc1. The summed E-state index contributed by atoms with van der Waals surface area (Å²) in [6.45, 7) is 2.35. The standard InChI is InChI=1S/C22H26N2O6S/c1-14(15-7-9-18(10-8-15)31(2,29)30)23-21(27)19(25)20(26)22(28)24-12-11-16-5-3-4-6-17(16)13-24/h3-10,14,19-20,25-26H,11-13H2,1-2H3,(H,23,27)/t14?,19-,20-/m1/s1. The molecule has 3 rings (SSSR count). The zero-order valence-corrected chi connectivity index (χ0v) is 18.2. The van der Waals surface area contributed by atoms with E-state index in [1.165, 1.54) is 17.0 Å². The van der Waals surface area contributed by atoms with Gasteiger partial charge >= 0.3 is 0 Å². The monoisotopic (exact) mass is 446 g/mol. The van der Waals surface area contributed by atoms with Gasteiger partial charge in [0.2, 0.25) is 0 Å². The van der Waals surface area contributed by atoms with Gasteiger partial charge in [-0.15, -0.1) is 0 Å². The molecule has 8 nitrogen and oxygen atoms in total. The number of hydrogen-bond donors (Lipinski definition) is 3. The molecule has 3 N–H and O–H groups in total.